The van der Waals surface area contributed by atoms with Crippen molar-refractivity contribution in [2.75, 3.05) is 49.5 Å². The van der Waals surface area contributed by atoms with Crippen molar-refractivity contribution in [3.8, 4) is 11.5 Å². The number of fused-ring (bicyclic) bond motifs is 1. The minimum Gasteiger partial charge on any atom is -0.369 e. The lowest BCUT2D eigenvalue weighted by Gasteiger charge is -2.29. The fourth-order valence-electron chi connectivity index (χ4n) is 3.50. The molecule has 1 aliphatic rings. The minimum atomic E-state index is -0.148. The van der Waals surface area contributed by atoms with Crippen LogP contribution in [0.5, 0.6) is 0 Å². The molecule has 4 N–H and O–H groups in total. The van der Waals surface area contributed by atoms with Gasteiger partial charge in [0.25, 0.3) is 0 Å². The molecule has 0 unspecified atom stereocenters. The minimum absolute atomic E-state index is 0.148. The Labute approximate surface area is 163 Å². The Balaban J connectivity index is 1.60. The van der Waals surface area contributed by atoms with E-state index in [0.717, 1.165) is 37.2 Å². The molecule has 0 aliphatic carbocycles. The number of urea groups is 1. The molecule has 9 heteroatoms. The first-order valence-corrected chi connectivity index (χ1v) is 9.74. The van der Waals surface area contributed by atoms with Crippen LogP contribution in [-0.2, 0) is 0 Å². The summed E-state index contributed by atoms with van der Waals surface area (Å²) >= 11 is 0. The molecular weight excluding hydrogens is 356 g/mol. The van der Waals surface area contributed by atoms with Gasteiger partial charge in [0.2, 0.25) is 0 Å². The highest BCUT2D eigenvalue weighted by molar-refractivity contribution is 5.93. The van der Waals surface area contributed by atoms with Crippen LogP contribution < -0.4 is 15.5 Å². The number of carbonyl (C=O) groups excluding carboxylic acids is 1. The third-order valence-corrected chi connectivity index (χ3v) is 5.12. The lowest BCUT2D eigenvalue weighted by Crippen LogP contribution is -2.43. The number of nitrogens with one attached hydrogen (secondary N) is 4. The number of benzene rings is 1. The molecule has 0 atom stereocenters. The van der Waals surface area contributed by atoms with Crippen LogP contribution in [0, 0.1) is 0 Å². The van der Waals surface area contributed by atoms with Gasteiger partial charge in [-0.2, -0.15) is 5.10 Å². The SMILES string of the molecule is CCN(CC)C(=O)Nc1cn[nH]c1-c1nc2ccc(N3CCNCC3)cc2[nH]1. The molecule has 1 aliphatic heterocycles. The average molecular weight is 382 g/mol. The maximum atomic E-state index is 12.4. The van der Waals surface area contributed by atoms with Crippen LogP contribution >= 0.6 is 0 Å². The van der Waals surface area contributed by atoms with Crippen molar-refractivity contribution in [3.05, 3.63) is 24.4 Å². The zero-order valence-electron chi connectivity index (χ0n) is 16.2. The average Bonchev–Trinajstić information content (AvgIpc) is 3.35. The summed E-state index contributed by atoms with van der Waals surface area (Å²) in [5.41, 5.74) is 4.30. The van der Waals surface area contributed by atoms with E-state index in [2.05, 4.69) is 47.8 Å². The number of aromatic nitrogens is 4. The second-order valence-corrected chi connectivity index (χ2v) is 6.79. The van der Waals surface area contributed by atoms with Crippen molar-refractivity contribution in [2.45, 2.75) is 13.8 Å². The van der Waals surface area contributed by atoms with Gasteiger partial charge in [0.15, 0.2) is 5.82 Å². The molecule has 3 aromatic rings. The standard InChI is InChI=1S/C19H26N8O/c1-3-26(4-2)19(28)24-16-12-21-25-17(16)18-22-14-6-5-13(11-15(14)23-18)27-9-7-20-8-10-27/h5-6,11-12,20H,3-4,7-10H2,1-2H3,(H,21,25)(H,22,23)(H,24,28). The van der Waals surface area contributed by atoms with Crippen LogP contribution in [0.1, 0.15) is 13.8 Å². The summed E-state index contributed by atoms with van der Waals surface area (Å²) in [5, 5.41) is 13.3. The second-order valence-electron chi connectivity index (χ2n) is 6.79. The summed E-state index contributed by atoms with van der Waals surface area (Å²) in [5.74, 6) is 0.653. The van der Waals surface area contributed by atoms with E-state index in [0.29, 0.717) is 30.3 Å². The molecule has 0 saturated carbocycles. The number of aromatic amines is 2. The number of hydrogen-bond acceptors (Lipinski definition) is 5. The third kappa shape index (κ3) is 3.53. The van der Waals surface area contributed by atoms with Gasteiger partial charge in [0.1, 0.15) is 5.69 Å². The molecule has 3 heterocycles. The van der Waals surface area contributed by atoms with Gasteiger partial charge >= 0.3 is 6.03 Å². The van der Waals surface area contributed by atoms with Crippen molar-refractivity contribution >= 4 is 28.4 Å². The fourth-order valence-corrected chi connectivity index (χ4v) is 3.50. The fraction of sp³-hybridized carbons (Fsp3) is 0.421. The van der Waals surface area contributed by atoms with Gasteiger partial charge in [-0.15, -0.1) is 0 Å². The van der Waals surface area contributed by atoms with Crippen LogP contribution in [0.3, 0.4) is 0 Å². The van der Waals surface area contributed by atoms with E-state index in [9.17, 15) is 4.79 Å². The van der Waals surface area contributed by atoms with Gasteiger partial charge in [-0.25, -0.2) is 9.78 Å². The number of H-pyrrole nitrogens is 2. The summed E-state index contributed by atoms with van der Waals surface area (Å²) in [6.07, 6.45) is 1.61. The first-order valence-electron chi connectivity index (χ1n) is 9.74. The van der Waals surface area contributed by atoms with E-state index >= 15 is 0 Å². The largest absolute Gasteiger partial charge is 0.369 e. The summed E-state index contributed by atoms with van der Waals surface area (Å²) in [6.45, 7) is 9.18. The van der Waals surface area contributed by atoms with E-state index in [1.165, 1.54) is 5.69 Å². The van der Waals surface area contributed by atoms with Crippen molar-refractivity contribution < 1.29 is 4.79 Å². The Hall–Kier alpha value is -3.07. The van der Waals surface area contributed by atoms with Crippen molar-refractivity contribution in [1.82, 2.24) is 30.4 Å². The summed E-state index contributed by atoms with van der Waals surface area (Å²) in [6, 6.07) is 6.11. The van der Waals surface area contributed by atoms with E-state index in [1.54, 1.807) is 11.1 Å². The predicted molar refractivity (Wildman–Crippen MR) is 111 cm³/mol. The van der Waals surface area contributed by atoms with E-state index < -0.39 is 0 Å². The van der Waals surface area contributed by atoms with Gasteiger partial charge in [-0.3, -0.25) is 5.10 Å². The Morgan fingerprint density at radius 3 is 2.79 bits per heavy atom. The number of amides is 2. The van der Waals surface area contributed by atoms with E-state index in [1.807, 2.05) is 19.9 Å². The lowest BCUT2D eigenvalue weighted by atomic mass is 10.2. The van der Waals surface area contributed by atoms with Crippen LogP contribution in [0.25, 0.3) is 22.6 Å². The molecule has 0 bridgehead atoms. The topological polar surface area (TPSA) is 105 Å². The summed E-state index contributed by atoms with van der Waals surface area (Å²) in [4.78, 5) is 24.5. The predicted octanol–water partition coefficient (Wildman–Crippen LogP) is 2.24. The van der Waals surface area contributed by atoms with Crippen molar-refractivity contribution in [2.24, 2.45) is 0 Å². The number of carbonyl (C=O) groups is 1. The van der Waals surface area contributed by atoms with Crippen LogP contribution in [-0.4, -0.2) is 70.4 Å². The Kier molecular flexibility index (Phi) is 5.16. The molecule has 28 heavy (non-hydrogen) atoms. The highest BCUT2D eigenvalue weighted by Gasteiger charge is 2.17. The van der Waals surface area contributed by atoms with Crippen LogP contribution in [0.2, 0.25) is 0 Å². The van der Waals surface area contributed by atoms with Gasteiger partial charge in [-0.1, -0.05) is 0 Å². The molecule has 0 spiro atoms. The first-order chi connectivity index (χ1) is 13.7. The number of hydrogen-bond donors (Lipinski definition) is 4. The van der Waals surface area contributed by atoms with E-state index in [-0.39, 0.29) is 6.03 Å². The molecule has 9 nitrogen and oxygen atoms in total. The Bertz CT molecular complexity index is 952. The van der Waals surface area contributed by atoms with Gasteiger partial charge in [-0.05, 0) is 32.0 Å². The van der Waals surface area contributed by atoms with Gasteiger partial charge in [0, 0.05) is 45.0 Å². The normalized spacial score (nSPS) is 14.4. The zero-order valence-corrected chi connectivity index (χ0v) is 16.2. The Morgan fingerprint density at radius 1 is 1.25 bits per heavy atom. The maximum Gasteiger partial charge on any atom is 0.321 e. The first kappa shape index (κ1) is 18.3. The smallest absolute Gasteiger partial charge is 0.321 e. The van der Waals surface area contributed by atoms with Crippen molar-refractivity contribution in [3.63, 3.8) is 0 Å². The molecular formula is C19H26N8O. The summed E-state index contributed by atoms with van der Waals surface area (Å²) in [7, 11) is 0. The third-order valence-electron chi connectivity index (χ3n) is 5.12. The molecule has 148 valence electrons. The highest BCUT2D eigenvalue weighted by Crippen LogP contribution is 2.27. The van der Waals surface area contributed by atoms with Gasteiger partial charge in [0.05, 0.1) is 22.9 Å². The lowest BCUT2D eigenvalue weighted by molar-refractivity contribution is 0.217. The number of piperazine rings is 1. The number of nitrogens with zero attached hydrogens (tertiary/aromatic N) is 4. The number of anilines is 2. The van der Waals surface area contributed by atoms with Gasteiger partial charge < -0.3 is 25.4 Å². The molecule has 2 aromatic heterocycles. The number of rotatable bonds is 5. The monoisotopic (exact) mass is 382 g/mol. The maximum absolute atomic E-state index is 12.4. The number of imidazole rings is 1. The van der Waals surface area contributed by atoms with Crippen LogP contribution in [0.15, 0.2) is 24.4 Å². The molecule has 4 rings (SSSR count). The summed E-state index contributed by atoms with van der Waals surface area (Å²) < 4.78 is 0. The molecule has 0 radical (unpaired) electrons. The second kappa shape index (κ2) is 7.89. The molecule has 2 amide bonds. The quantitative estimate of drug-likeness (QED) is 0.542. The molecule has 1 aromatic carbocycles. The highest BCUT2D eigenvalue weighted by atomic mass is 16.2. The zero-order chi connectivity index (χ0) is 19.5. The van der Waals surface area contributed by atoms with Crippen molar-refractivity contribution in [1.29, 1.82) is 0 Å². The molecule has 1 saturated heterocycles. The van der Waals surface area contributed by atoms with Crippen LogP contribution in [0.4, 0.5) is 16.2 Å². The van der Waals surface area contributed by atoms with E-state index in [4.69, 9.17) is 0 Å². The Morgan fingerprint density at radius 2 is 2.04 bits per heavy atom. The molecule has 1 fully saturated rings.